The Kier molecular flexibility index (Phi) is 0.738. The van der Waals surface area contributed by atoms with E-state index in [-0.39, 0.29) is 0 Å². The van der Waals surface area contributed by atoms with E-state index in [9.17, 15) is 0 Å². The Balaban J connectivity index is 1.93. The Bertz CT molecular complexity index is 217. The average Bonchev–Trinajstić information content (AvgIpc) is 2.58. The Morgan fingerprint density at radius 3 is 2.90 bits per heavy atom. The summed E-state index contributed by atoms with van der Waals surface area (Å²) in [6.45, 7) is 2.30. The first kappa shape index (κ1) is 5.22. The predicted molar refractivity (Wildman–Crippen MR) is 38.1 cm³/mol. The minimum atomic E-state index is 0.852. The third kappa shape index (κ3) is 0.425. The summed E-state index contributed by atoms with van der Waals surface area (Å²) in [7, 11) is 0. The van der Waals surface area contributed by atoms with E-state index in [2.05, 4.69) is 6.92 Å². The molecule has 1 aliphatic heterocycles. The van der Waals surface area contributed by atoms with Gasteiger partial charge in [0.05, 0.1) is 0 Å². The molecule has 1 heterocycles. The molecule has 3 unspecified atom stereocenters. The fraction of sp³-hybridized carbons (Fsp3) is 0.778. The van der Waals surface area contributed by atoms with E-state index in [1.807, 2.05) is 0 Å². The first-order chi connectivity index (χ1) is 4.90. The first-order valence-corrected chi connectivity index (χ1v) is 4.32. The quantitative estimate of drug-likeness (QED) is 0.538. The molecule has 0 N–H and O–H groups in total. The zero-order valence-corrected chi connectivity index (χ0v) is 6.26. The van der Waals surface area contributed by atoms with Gasteiger partial charge in [-0.3, -0.25) is 0 Å². The van der Waals surface area contributed by atoms with Crippen LogP contribution >= 0.6 is 0 Å². The van der Waals surface area contributed by atoms with Crippen molar-refractivity contribution in [3.05, 3.63) is 11.5 Å². The Hall–Kier alpha value is -0.460. The van der Waals surface area contributed by atoms with Crippen LogP contribution in [0.5, 0.6) is 0 Å². The van der Waals surface area contributed by atoms with Gasteiger partial charge in [-0.1, -0.05) is 13.3 Å². The molecule has 0 aromatic rings. The molecule has 0 aromatic carbocycles. The maximum Gasteiger partial charge on any atom is 0.146 e. The largest absolute Gasteiger partial charge is 0.458 e. The number of hydrogen-bond acceptors (Lipinski definition) is 1. The molecule has 0 radical (unpaired) electrons. The predicted octanol–water partition coefficient (Wildman–Crippen LogP) is 2.29. The molecule has 3 aliphatic rings. The van der Waals surface area contributed by atoms with Crippen molar-refractivity contribution in [3.63, 3.8) is 0 Å². The van der Waals surface area contributed by atoms with Crippen LogP contribution in [0.15, 0.2) is 11.5 Å². The van der Waals surface area contributed by atoms with Crippen molar-refractivity contribution in [1.29, 1.82) is 0 Å². The molecule has 1 saturated carbocycles. The zero-order chi connectivity index (χ0) is 6.72. The average molecular weight is 136 g/mol. The van der Waals surface area contributed by atoms with Gasteiger partial charge in [-0.15, -0.1) is 0 Å². The van der Waals surface area contributed by atoms with E-state index in [1.54, 1.807) is 0 Å². The van der Waals surface area contributed by atoms with Gasteiger partial charge in [0, 0.05) is 11.8 Å². The maximum atomic E-state index is 5.41. The van der Waals surface area contributed by atoms with Crippen molar-refractivity contribution in [2.45, 2.75) is 26.2 Å². The summed E-state index contributed by atoms with van der Waals surface area (Å²) >= 11 is 0. The minimum absolute atomic E-state index is 0.852. The number of fused-ring (bicyclic) bond motifs is 4. The second-order valence-electron chi connectivity index (χ2n) is 3.77. The van der Waals surface area contributed by atoms with Crippen LogP contribution in [0.3, 0.4) is 0 Å². The normalized spacial score (nSPS) is 47.5. The first-order valence-electron chi connectivity index (χ1n) is 4.32. The Morgan fingerprint density at radius 2 is 2.30 bits per heavy atom. The molecule has 0 saturated heterocycles. The molecular formula is C9H12O. The molecule has 0 aromatic heterocycles. The zero-order valence-electron chi connectivity index (χ0n) is 6.26. The van der Waals surface area contributed by atoms with Gasteiger partial charge in [-0.05, 0) is 18.8 Å². The van der Waals surface area contributed by atoms with E-state index < -0.39 is 0 Å². The van der Waals surface area contributed by atoms with Crippen molar-refractivity contribution in [2.75, 3.05) is 0 Å². The molecule has 54 valence electrons. The summed E-state index contributed by atoms with van der Waals surface area (Å²) in [5.74, 6) is 5.44. The number of allylic oxidation sites excluding steroid dienone is 2. The highest BCUT2D eigenvalue weighted by Crippen LogP contribution is 2.61. The summed E-state index contributed by atoms with van der Waals surface area (Å²) in [5.41, 5.74) is 0. The molecule has 1 heteroatoms. The van der Waals surface area contributed by atoms with Crippen molar-refractivity contribution in [3.8, 4) is 0 Å². The molecule has 3 atom stereocenters. The maximum absolute atomic E-state index is 5.41. The lowest BCUT2D eigenvalue weighted by molar-refractivity contribution is 0.324. The minimum Gasteiger partial charge on any atom is -0.458 e. The van der Waals surface area contributed by atoms with Crippen LogP contribution in [-0.2, 0) is 4.74 Å². The lowest BCUT2D eigenvalue weighted by Gasteiger charge is -2.11. The van der Waals surface area contributed by atoms with E-state index in [0.717, 1.165) is 17.8 Å². The third-order valence-corrected chi connectivity index (χ3v) is 3.35. The fourth-order valence-electron chi connectivity index (χ4n) is 2.75. The van der Waals surface area contributed by atoms with Crippen LogP contribution in [0.2, 0.25) is 0 Å². The summed E-state index contributed by atoms with van der Waals surface area (Å²) in [6, 6.07) is 0. The highest BCUT2D eigenvalue weighted by molar-refractivity contribution is 5.33. The number of hydrogen-bond donors (Lipinski definition) is 0. The summed E-state index contributed by atoms with van der Waals surface area (Å²) in [5, 5.41) is 0. The van der Waals surface area contributed by atoms with Crippen molar-refractivity contribution < 1.29 is 4.74 Å². The number of ether oxygens (including phenoxy) is 1. The summed E-state index contributed by atoms with van der Waals surface area (Å²) in [6.07, 6.45) is 4.19. The molecule has 2 aliphatic carbocycles. The molecular weight excluding hydrogens is 124 g/mol. The van der Waals surface area contributed by atoms with E-state index in [1.165, 1.54) is 30.8 Å². The topological polar surface area (TPSA) is 12.5 Å². The lowest BCUT2D eigenvalue weighted by atomic mass is 9.91. The standard InChI is InChI=1S/C9H12O/c1-2-5-3-6-4-7(5)9-8(6)10-9/h5-7H,2-4H2,1H3. The molecule has 1 fully saturated rings. The SMILES string of the molecule is CCC1CC2CC1C1=C2O1. The van der Waals surface area contributed by atoms with Crippen LogP contribution in [0, 0.1) is 17.8 Å². The molecule has 2 bridgehead atoms. The Morgan fingerprint density at radius 1 is 1.40 bits per heavy atom. The van der Waals surface area contributed by atoms with Crippen molar-refractivity contribution in [2.24, 2.45) is 17.8 Å². The van der Waals surface area contributed by atoms with Crippen molar-refractivity contribution >= 4 is 0 Å². The highest BCUT2D eigenvalue weighted by atomic mass is 16.6. The Labute approximate surface area is 61.1 Å². The van der Waals surface area contributed by atoms with Gasteiger partial charge in [-0.2, -0.15) is 0 Å². The van der Waals surface area contributed by atoms with Gasteiger partial charge in [0.2, 0.25) is 0 Å². The summed E-state index contributed by atoms with van der Waals surface area (Å²) < 4.78 is 5.41. The van der Waals surface area contributed by atoms with Gasteiger partial charge in [0.25, 0.3) is 0 Å². The smallest absolute Gasteiger partial charge is 0.146 e. The second kappa shape index (κ2) is 1.41. The summed E-state index contributed by atoms with van der Waals surface area (Å²) in [4.78, 5) is 0. The third-order valence-electron chi connectivity index (χ3n) is 3.35. The van der Waals surface area contributed by atoms with E-state index in [0.29, 0.717) is 0 Å². The van der Waals surface area contributed by atoms with Gasteiger partial charge in [-0.25, -0.2) is 0 Å². The van der Waals surface area contributed by atoms with Crippen LogP contribution in [0.1, 0.15) is 26.2 Å². The molecule has 1 nitrogen and oxygen atoms in total. The van der Waals surface area contributed by atoms with Gasteiger partial charge in [0.1, 0.15) is 11.5 Å². The highest BCUT2D eigenvalue weighted by Gasteiger charge is 2.54. The van der Waals surface area contributed by atoms with Crippen LogP contribution in [-0.4, -0.2) is 0 Å². The lowest BCUT2D eigenvalue weighted by Crippen LogP contribution is -2.05. The molecule has 3 rings (SSSR count). The van der Waals surface area contributed by atoms with Crippen molar-refractivity contribution in [1.82, 2.24) is 0 Å². The van der Waals surface area contributed by atoms with Crippen LogP contribution in [0.25, 0.3) is 0 Å². The van der Waals surface area contributed by atoms with E-state index in [4.69, 9.17) is 4.74 Å². The van der Waals surface area contributed by atoms with Crippen LogP contribution in [0.4, 0.5) is 0 Å². The van der Waals surface area contributed by atoms with Gasteiger partial charge < -0.3 is 4.74 Å². The van der Waals surface area contributed by atoms with Gasteiger partial charge >= 0.3 is 0 Å². The molecule has 0 spiro atoms. The molecule has 0 amide bonds. The number of rotatable bonds is 1. The van der Waals surface area contributed by atoms with Crippen LogP contribution < -0.4 is 0 Å². The monoisotopic (exact) mass is 136 g/mol. The fourth-order valence-corrected chi connectivity index (χ4v) is 2.75. The van der Waals surface area contributed by atoms with E-state index >= 15 is 0 Å². The molecule has 10 heavy (non-hydrogen) atoms. The van der Waals surface area contributed by atoms with Gasteiger partial charge in [0.15, 0.2) is 0 Å². The second-order valence-corrected chi connectivity index (χ2v) is 3.77.